The van der Waals surface area contributed by atoms with Crippen LogP contribution in [0.5, 0.6) is 0 Å². The van der Waals surface area contributed by atoms with Crippen LogP contribution in [0, 0.1) is 0 Å². The second-order valence-corrected chi connectivity index (χ2v) is 4.58. The summed E-state index contributed by atoms with van der Waals surface area (Å²) in [6, 6.07) is 4.51. The molecule has 0 saturated carbocycles. The molecule has 2 unspecified atom stereocenters. The van der Waals surface area contributed by atoms with Gasteiger partial charge in [0.15, 0.2) is 0 Å². The smallest absolute Gasteiger partial charge is 0.416 e. The van der Waals surface area contributed by atoms with Crippen LogP contribution in [0.4, 0.5) is 13.2 Å². The van der Waals surface area contributed by atoms with Gasteiger partial charge in [-0.15, -0.1) is 0 Å². The largest absolute Gasteiger partial charge is 0.469 e. The summed E-state index contributed by atoms with van der Waals surface area (Å²) in [5.41, 5.74) is 5.58. The summed E-state index contributed by atoms with van der Waals surface area (Å²) in [5.74, 6) is -0.980. The van der Waals surface area contributed by atoms with Gasteiger partial charge >= 0.3 is 12.1 Å². The first-order chi connectivity index (χ1) is 9.29. The Kier molecular flexibility index (Phi) is 5.56. The second-order valence-electron chi connectivity index (χ2n) is 4.58. The number of halogens is 3. The van der Waals surface area contributed by atoms with Gasteiger partial charge in [0.25, 0.3) is 0 Å². The average molecular weight is 289 g/mol. The topological polar surface area (TPSA) is 52.3 Å². The lowest BCUT2D eigenvalue weighted by molar-refractivity contribution is -0.141. The molecule has 0 fully saturated rings. The molecule has 0 aliphatic rings. The molecule has 0 heterocycles. The number of hydrogen-bond acceptors (Lipinski definition) is 3. The van der Waals surface area contributed by atoms with E-state index in [9.17, 15) is 18.0 Å². The molecule has 0 amide bonds. The molecule has 0 radical (unpaired) electrons. The van der Waals surface area contributed by atoms with Crippen molar-refractivity contribution < 1.29 is 22.7 Å². The third-order valence-corrected chi connectivity index (χ3v) is 3.24. The molecule has 0 aliphatic heterocycles. The highest BCUT2D eigenvalue weighted by Crippen LogP contribution is 2.33. The Bertz CT molecular complexity index is 460. The van der Waals surface area contributed by atoms with Crippen molar-refractivity contribution in [3.63, 3.8) is 0 Å². The first-order valence-corrected chi connectivity index (χ1v) is 6.29. The van der Waals surface area contributed by atoms with Gasteiger partial charge in [0.1, 0.15) is 0 Å². The van der Waals surface area contributed by atoms with Gasteiger partial charge in [0.2, 0.25) is 0 Å². The van der Waals surface area contributed by atoms with Crippen molar-refractivity contribution in [2.45, 2.75) is 37.9 Å². The molecule has 20 heavy (non-hydrogen) atoms. The van der Waals surface area contributed by atoms with Gasteiger partial charge in [0, 0.05) is 12.0 Å². The average Bonchev–Trinajstić information content (AvgIpc) is 2.42. The van der Waals surface area contributed by atoms with Crippen LogP contribution in [0.15, 0.2) is 24.3 Å². The zero-order chi connectivity index (χ0) is 15.3. The number of nitrogens with two attached hydrogens (primary N) is 1. The molecular weight excluding hydrogens is 271 g/mol. The summed E-state index contributed by atoms with van der Waals surface area (Å²) in [5, 5.41) is 0. The van der Waals surface area contributed by atoms with E-state index in [1.54, 1.807) is 6.07 Å². The predicted molar refractivity (Wildman–Crippen MR) is 69.1 cm³/mol. The maximum Gasteiger partial charge on any atom is 0.416 e. The minimum absolute atomic E-state index is 0.0349. The Morgan fingerprint density at radius 2 is 2.05 bits per heavy atom. The summed E-state index contributed by atoms with van der Waals surface area (Å²) < 4.78 is 42.7. The van der Waals surface area contributed by atoms with Gasteiger partial charge in [-0.2, -0.15) is 13.2 Å². The minimum Gasteiger partial charge on any atom is -0.469 e. The Hall–Kier alpha value is -1.56. The maximum absolute atomic E-state index is 12.7. The van der Waals surface area contributed by atoms with E-state index in [2.05, 4.69) is 4.74 Å². The lowest BCUT2D eigenvalue weighted by atomic mass is 9.87. The van der Waals surface area contributed by atoms with Crippen molar-refractivity contribution in [1.82, 2.24) is 0 Å². The van der Waals surface area contributed by atoms with E-state index in [-0.39, 0.29) is 6.42 Å². The quantitative estimate of drug-likeness (QED) is 0.847. The van der Waals surface area contributed by atoms with Gasteiger partial charge in [-0.05, 0) is 18.1 Å². The Balaban J connectivity index is 3.10. The first-order valence-electron chi connectivity index (χ1n) is 6.29. The number of esters is 1. The van der Waals surface area contributed by atoms with Gasteiger partial charge < -0.3 is 10.5 Å². The molecule has 0 saturated heterocycles. The highest BCUT2D eigenvalue weighted by molar-refractivity contribution is 5.70. The molecule has 0 aromatic heterocycles. The van der Waals surface area contributed by atoms with Crippen LogP contribution in [0.3, 0.4) is 0 Å². The lowest BCUT2D eigenvalue weighted by Gasteiger charge is -2.23. The highest BCUT2D eigenvalue weighted by Gasteiger charge is 2.32. The summed E-state index contributed by atoms with van der Waals surface area (Å²) in [6.07, 6.45) is -3.90. The fraction of sp³-hybridized carbons (Fsp3) is 0.500. The number of carbonyl (C=O) groups is 1. The van der Waals surface area contributed by atoms with Gasteiger partial charge in [-0.1, -0.05) is 25.1 Å². The number of rotatable bonds is 5. The zero-order valence-corrected chi connectivity index (χ0v) is 11.4. The van der Waals surface area contributed by atoms with E-state index in [0.717, 1.165) is 12.1 Å². The first kappa shape index (κ1) is 16.5. The Labute approximate surface area is 115 Å². The Morgan fingerprint density at radius 3 is 2.55 bits per heavy atom. The van der Waals surface area contributed by atoms with E-state index in [1.165, 1.54) is 13.2 Å². The predicted octanol–water partition coefficient (Wildman–Crippen LogP) is 3.09. The molecule has 2 N–H and O–H groups in total. The van der Waals surface area contributed by atoms with Crippen LogP contribution >= 0.6 is 0 Å². The van der Waals surface area contributed by atoms with Crippen LogP contribution in [0.25, 0.3) is 0 Å². The van der Waals surface area contributed by atoms with Crippen LogP contribution in [0.1, 0.15) is 36.8 Å². The maximum atomic E-state index is 12.7. The Morgan fingerprint density at radius 1 is 1.40 bits per heavy atom. The molecule has 0 aliphatic carbocycles. The van der Waals surface area contributed by atoms with Gasteiger partial charge in [0.05, 0.1) is 19.1 Å². The van der Waals surface area contributed by atoms with Crippen molar-refractivity contribution in [2.75, 3.05) is 7.11 Å². The number of methoxy groups -OCH3 is 1. The monoisotopic (exact) mass is 289 g/mol. The molecule has 0 spiro atoms. The van der Waals surface area contributed by atoms with E-state index in [4.69, 9.17) is 5.73 Å². The number of carbonyl (C=O) groups excluding carboxylic acids is 1. The normalized spacial score (nSPS) is 14.7. The molecule has 6 heteroatoms. The second kappa shape index (κ2) is 6.74. The third-order valence-electron chi connectivity index (χ3n) is 3.24. The van der Waals surface area contributed by atoms with Crippen LogP contribution < -0.4 is 5.73 Å². The number of alkyl halides is 3. The summed E-state index contributed by atoms with van der Waals surface area (Å²) in [4.78, 5) is 11.4. The van der Waals surface area contributed by atoms with Crippen molar-refractivity contribution in [1.29, 1.82) is 0 Å². The van der Waals surface area contributed by atoms with E-state index >= 15 is 0 Å². The SMILES string of the molecule is CCC(N)C(CC(=O)OC)c1cccc(C(F)(F)F)c1. The van der Waals surface area contributed by atoms with E-state index < -0.39 is 29.7 Å². The van der Waals surface area contributed by atoms with Crippen LogP contribution in [-0.4, -0.2) is 19.1 Å². The zero-order valence-electron chi connectivity index (χ0n) is 11.4. The molecule has 1 aromatic rings. The fourth-order valence-electron chi connectivity index (χ4n) is 2.01. The fourth-order valence-corrected chi connectivity index (χ4v) is 2.01. The van der Waals surface area contributed by atoms with Crippen molar-refractivity contribution in [2.24, 2.45) is 5.73 Å². The minimum atomic E-state index is -4.41. The number of ether oxygens (including phenoxy) is 1. The molecule has 3 nitrogen and oxygen atoms in total. The molecule has 2 atom stereocenters. The summed E-state index contributed by atoms with van der Waals surface area (Å²) in [7, 11) is 1.24. The molecule has 0 bridgehead atoms. The van der Waals surface area contributed by atoms with Crippen LogP contribution in [-0.2, 0) is 15.7 Å². The van der Waals surface area contributed by atoms with Crippen molar-refractivity contribution >= 4 is 5.97 Å². The molecular formula is C14H18F3NO2. The molecule has 1 aromatic carbocycles. The summed E-state index contributed by atoms with van der Waals surface area (Å²) in [6.45, 7) is 1.82. The highest BCUT2D eigenvalue weighted by atomic mass is 19.4. The van der Waals surface area contributed by atoms with Crippen molar-refractivity contribution in [3.8, 4) is 0 Å². The number of benzene rings is 1. The van der Waals surface area contributed by atoms with E-state index in [0.29, 0.717) is 12.0 Å². The standard InChI is InChI=1S/C14H18F3NO2/c1-3-12(18)11(8-13(19)20-2)9-5-4-6-10(7-9)14(15,16)17/h4-7,11-12H,3,8,18H2,1-2H3. The van der Waals surface area contributed by atoms with Crippen LogP contribution in [0.2, 0.25) is 0 Å². The van der Waals surface area contributed by atoms with Gasteiger partial charge in [-0.25, -0.2) is 0 Å². The van der Waals surface area contributed by atoms with Crippen molar-refractivity contribution in [3.05, 3.63) is 35.4 Å². The lowest BCUT2D eigenvalue weighted by Crippen LogP contribution is -2.30. The molecule has 112 valence electrons. The van der Waals surface area contributed by atoms with Gasteiger partial charge in [-0.3, -0.25) is 4.79 Å². The third kappa shape index (κ3) is 4.23. The number of hydrogen-bond donors (Lipinski definition) is 1. The molecule has 1 rings (SSSR count). The summed E-state index contributed by atoms with van der Waals surface area (Å²) >= 11 is 0. The van der Waals surface area contributed by atoms with E-state index in [1.807, 2.05) is 6.92 Å².